The van der Waals surface area contributed by atoms with Crippen molar-refractivity contribution < 1.29 is 19.4 Å². The highest BCUT2D eigenvalue weighted by atomic mass is 16.5. The molecule has 16 heavy (non-hydrogen) atoms. The van der Waals surface area contributed by atoms with E-state index in [4.69, 9.17) is 0 Å². The summed E-state index contributed by atoms with van der Waals surface area (Å²) in [7, 11) is 1.20. The number of benzene rings is 1. The summed E-state index contributed by atoms with van der Waals surface area (Å²) < 4.78 is 4.48. The maximum atomic E-state index is 11.3. The average molecular weight is 221 g/mol. The highest BCUT2D eigenvalue weighted by Crippen LogP contribution is 2.35. The molecule has 0 aromatic heterocycles. The Kier molecular flexibility index (Phi) is 2.62. The molecular weight excluding hydrogens is 210 g/mol. The largest absolute Gasteiger partial charge is 0.452 e. The second-order valence-electron chi connectivity index (χ2n) is 3.48. The Morgan fingerprint density at radius 1 is 1.38 bits per heavy atom. The molecule has 1 aliphatic rings. The molecule has 0 bridgehead atoms. The first-order valence-corrected chi connectivity index (χ1v) is 4.81. The molecule has 0 saturated carbocycles. The molecule has 1 aliphatic heterocycles. The molecule has 2 amide bonds. The van der Waals surface area contributed by atoms with Crippen LogP contribution in [0.25, 0.3) is 0 Å². The van der Waals surface area contributed by atoms with Crippen LogP contribution < -0.4 is 0 Å². The maximum Gasteiger partial charge on any atom is 0.417 e. The molecule has 5 heteroatoms. The van der Waals surface area contributed by atoms with E-state index in [0.29, 0.717) is 5.56 Å². The van der Waals surface area contributed by atoms with Crippen LogP contribution in [0.2, 0.25) is 0 Å². The zero-order valence-corrected chi connectivity index (χ0v) is 8.66. The molecular formula is C11H11NO4. The number of β-lactam (4-membered cyclic amide) rings is 1. The van der Waals surface area contributed by atoms with E-state index >= 15 is 0 Å². The topological polar surface area (TPSA) is 66.8 Å². The molecule has 1 saturated heterocycles. The number of imide groups is 1. The number of carbonyl (C=O) groups excluding carboxylic acids is 2. The summed E-state index contributed by atoms with van der Waals surface area (Å²) in [4.78, 5) is 23.5. The van der Waals surface area contributed by atoms with Crippen molar-refractivity contribution >= 4 is 12.0 Å². The van der Waals surface area contributed by atoms with Gasteiger partial charge in [-0.25, -0.2) is 9.69 Å². The first kappa shape index (κ1) is 10.6. The van der Waals surface area contributed by atoms with Gasteiger partial charge in [-0.05, 0) is 5.56 Å². The lowest BCUT2D eigenvalue weighted by Crippen LogP contribution is -2.60. The number of methoxy groups -OCH3 is 1. The fraction of sp³-hybridized carbons (Fsp3) is 0.273. The minimum Gasteiger partial charge on any atom is -0.452 e. The highest BCUT2D eigenvalue weighted by Gasteiger charge is 2.51. The third-order valence-corrected chi connectivity index (χ3v) is 2.58. The zero-order chi connectivity index (χ0) is 11.7. The van der Waals surface area contributed by atoms with Gasteiger partial charge in [0.1, 0.15) is 6.04 Å². The third-order valence-electron chi connectivity index (χ3n) is 2.58. The predicted molar refractivity (Wildman–Crippen MR) is 54.4 cm³/mol. The smallest absolute Gasteiger partial charge is 0.417 e. The number of hydrogen-bond acceptors (Lipinski definition) is 4. The second-order valence-corrected chi connectivity index (χ2v) is 3.48. The van der Waals surface area contributed by atoms with Crippen LogP contribution in [0, 0.1) is 0 Å². The standard InChI is InChI=1S/C11H11NO4/c1-16-11(15)12-8(9(13)10(12)14)7-5-3-2-4-6-7/h2-6,8-9,13H,1H3/t8-,9+/m0/s1. The minimum atomic E-state index is -1.17. The molecule has 2 rings (SSSR count). The molecule has 1 aromatic rings. The van der Waals surface area contributed by atoms with Crippen LogP contribution in [0.1, 0.15) is 11.6 Å². The number of aliphatic hydroxyl groups excluding tert-OH is 1. The Hall–Kier alpha value is -1.88. The SMILES string of the molecule is COC(=O)N1C(=O)[C@H](O)[C@@H]1c1ccccc1. The molecule has 5 nitrogen and oxygen atoms in total. The zero-order valence-electron chi connectivity index (χ0n) is 8.66. The van der Waals surface area contributed by atoms with Gasteiger partial charge < -0.3 is 9.84 Å². The van der Waals surface area contributed by atoms with Crippen LogP contribution >= 0.6 is 0 Å². The van der Waals surface area contributed by atoms with Gasteiger partial charge in [-0.15, -0.1) is 0 Å². The normalized spacial score (nSPS) is 23.9. The fourth-order valence-electron chi connectivity index (χ4n) is 1.76. The van der Waals surface area contributed by atoms with Gasteiger partial charge in [-0.3, -0.25) is 4.79 Å². The molecule has 84 valence electrons. The van der Waals surface area contributed by atoms with Crippen molar-refractivity contribution in [3.63, 3.8) is 0 Å². The van der Waals surface area contributed by atoms with Crippen LogP contribution in [0.15, 0.2) is 30.3 Å². The van der Waals surface area contributed by atoms with E-state index in [-0.39, 0.29) is 0 Å². The molecule has 1 aromatic carbocycles. The highest BCUT2D eigenvalue weighted by molar-refractivity contribution is 6.01. The monoisotopic (exact) mass is 221 g/mol. The van der Waals surface area contributed by atoms with Gasteiger partial charge in [0.25, 0.3) is 5.91 Å². The summed E-state index contributed by atoms with van der Waals surface area (Å²) in [6, 6.07) is 8.23. The second kappa shape index (κ2) is 3.94. The summed E-state index contributed by atoms with van der Waals surface area (Å²) in [6.45, 7) is 0. The first-order chi connectivity index (χ1) is 7.66. The molecule has 0 spiro atoms. The number of aliphatic hydroxyl groups is 1. The van der Waals surface area contributed by atoms with Crippen LogP contribution in [0.5, 0.6) is 0 Å². The quantitative estimate of drug-likeness (QED) is 0.709. The van der Waals surface area contributed by atoms with Crippen LogP contribution in [0.3, 0.4) is 0 Å². The number of likely N-dealkylation sites (tertiary alicyclic amines) is 1. The van der Waals surface area contributed by atoms with Crippen molar-refractivity contribution in [1.29, 1.82) is 0 Å². The fourth-order valence-corrected chi connectivity index (χ4v) is 1.76. The van der Waals surface area contributed by atoms with E-state index in [9.17, 15) is 14.7 Å². The number of ether oxygens (including phenoxy) is 1. The first-order valence-electron chi connectivity index (χ1n) is 4.81. The Labute approximate surface area is 92.2 Å². The molecule has 2 atom stereocenters. The lowest BCUT2D eigenvalue weighted by molar-refractivity contribution is -0.162. The maximum absolute atomic E-state index is 11.3. The summed E-state index contributed by atoms with van der Waals surface area (Å²) in [5.74, 6) is -0.624. The Bertz CT molecular complexity index is 409. The van der Waals surface area contributed by atoms with Crippen molar-refractivity contribution in [1.82, 2.24) is 4.90 Å². The summed E-state index contributed by atoms with van der Waals surface area (Å²) in [5, 5.41) is 9.55. The lowest BCUT2D eigenvalue weighted by Gasteiger charge is -2.41. The molecule has 0 radical (unpaired) electrons. The number of amides is 2. The van der Waals surface area contributed by atoms with Crippen molar-refractivity contribution in [3.8, 4) is 0 Å². The number of rotatable bonds is 1. The Balaban J connectivity index is 2.27. The summed E-state index contributed by atoms with van der Waals surface area (Å²) in [6.07, 6.45) is -1.91. The van der Waals surface area contributed by atoms with Gasteiger partial charge in [-0.1, -0.05) is 30.3 Å². The van der Waals surface area contributed by atoms with Crippen molar-refractivity contribution in [2.24, 2.45) is 0 Å². The van der Waals surface area contributed by atoms with Gasteiger partial charge in [0, 0.05) is 0 Å². The molecule has 0 unspecified atom stereocenters. The molecule has 1 fully saturated rings. The van der Waals surface area contributed by atoms with Crippen molar-refractivity contribution in [2.75, 3.05) is 7.11 Å². The van der Waals surface area contributed by atoms with E-state index in [0.717, 1.165) is 4.90 Å². The molecule has 1 heterocycles. The average Bonchev–Trinajstić information content (AvgIpc) is 2.34. The Morgan fingerprint density at radius 2 is 2.00 bits per heavy atom. The van der Waals surface area contributed by atoms with Gasteiger partial charge >= 0.3 is 6.09 Å². The third kappa shape index (κ3) is 1.45. The predicted octanol–water partition coefficient (Wildman–Crippen LogP) is 0.697. The number of carbonyl (C=O) groups is 2. The van der Waals surface area contributed by atoms with Crippen LogP contribution in [0.4, 0.5) is 4.79 Å². The van der Waals surface area contributed by atoms with Crippen LogP contribution in [-0.4, -0.2) is 35.2 Å². The van der Waals surface area contributed by atoms with E-state index in [1.54, 1.807) is 24.3 Å². The summed E-state index contributed by atoms with van der Waals surface area (Å²) >= 11 is 0. The van der Waals surface area contributed by atoms with E-state index in [2.05, 4.69) is 4.74 Å². The van der Waals surface area contributed by atoms with Gasteiger partial charge in [0.05, 0.1) is 7.11 Å². The van der Waals surface area contributed by atoms with E-state index < -0.39 is 24.1 Å². The Morgan fingerprint density at radius 3 is 2.56 bits per heavy atom. The van der Waals surface area contributed by atoms with Gasteiger partial charge in [0.2, 0.25) is 0 Å². The minimum absolute atomic E-state index is 0.624. The van der Waals surface area contributed by atoms with Crippen molar-refractivity contribution in [3.05, 3.63) is 35.9 Å². The van der Waals surface area contributed by atoms with Gasteiger partial charge in [-0.2, -0.15) is 0 Å². The van der Waals surface area contributed by atoms with E-state index in [1.165, 1.54) is 7.11 Å². The lowest BCUT2D eigenvalue weighted by atomic mass is 9.91. The summed E-state index contributed by atoms with van der Waals surface area (Å²) in [5.41, 5.74) is 0.708. The molecule has 1 N–H and O–H groups in total. The van der Waals surface area contributed by atoms with Crippen LogP contribution in [-0.2, 0) is 9.53 Å². The number of nitrogens with zero attached hydrogens (tertiary/aromatic N) is 1. The van der Waals surface area contributed by atoms with Crippen molar-refractivity contribution in [2.45, 2.75) is 12.1 Å². The molecule has 0 aliphatic carbocycles. The van der Waals surface area contributed by atoms with Gasteiger partial charge in [0.15, 0.2) is 6.10 Å². The van der Waals surface area contributed by atoms with E-state index in [1.807, 2.05) is 6.07 Å². The number of hydrogen-bond donors (Lipinski definition) is 1.